The van der Waals surface area contributed by atoms with Crippen LogP contribution in [0.15, 0.2) is 42.7 Å². The van der Waals surface area contributed by atoms with E-state index in [0.29, 0.717) is 36.8 Å². The van der Waals surface area contributed by atoms with Crippen molar-refractivity contribution in [3.63, 3.8) is 0 Å². The van der Waals surface area contributed by atoms with Gasteiger partial charge in [-0.2, -0.15) is 13.2 Å². The van der Waals surface area contributed by atoms with Crippen molar-refractivity contribution in [2.75, 3.05) is 75.0 Å². The average molecular weight is 604 g/mol. The number of likely N-dealkylation sites (N-methyl/N-ethyl adjacent to an activating group) is 2. The molecule has 1 amide bonds. The number of alkyl halides is 3. The zero-order valence-corrected chi connectivity index (χ0v) is 24.3. The van der Waals surface area contributed by atoms with E-state index in [9.17, 15) is 22.4 Å². The Morgan fingerprint density at radius 3 is 2.35 bits per heavy atom. The molecule has 0 saturated carbocycles. The summed E-state index contributed by atoms with van der Waals surface area (Å²) in [4.78, 5) is 30.5. The van der Waals surface area contributed by atoms with E-state index >= 15 is 4.39 Å². The van der Waals surface area contributed by atoms with E-state index in [1.165, 1.54) is 24.5 Å². The first-order chi connectivity index (χ1) is 20.4. The molecular formula is C30H34F5N7O. The van der Waals surface area contributed by atoms with Crippen LogP contribution in [0.5, 0.6) is 0 Å². The van der Waals surface area contributed by atoms with Gasteiger partial charge in [-0.1, -0.05) is 0 Å². The Morgan fingerprint density at radius 1 is 0.930 bits per heavy atom. The lowest BCUT2D eigenvalue weighted by Gasteiger charge is -2.39. The minimum absolute atomic E-state index is 0.0820. The highest BCUT2D eigenvalue weighted by Gasteiger charge is 2.36. The highest BCUT2D eigenvalue weighted by atomic mass is 19.4. The van der Waals surface area contributed by atoms with Crippen LogP contribution in [-0.4, -0.2) is 91.6 Å². The SMILES string of the molecule is C[C@H]1CN(c2cc(F)c(-c3cnc(N4CCCN(C)CC4)nc3)cc2NC(=O)c2ccc(F)cc2C(F)(F)F)CCN1C. The third-order valence-corrected chi connectivity index (χ3v) is 8.12. The van der Waals surface area contributed by atoms with Crippen LogP contribution in [0.2, 0.25) is 0 Å². The Bertz CT molecular complexity index is 1470. The molecule has 0 bridgehead atoms. The highest BCUT2D eigenvalue weighted by Crippen LogP contribution is 2.37. The van der Waals surface area contributed by atoms with Gasteiger partial charge in [-0.15, -0.1) is 0 Å². The standard InChI is InChI=1S/C30H34F5N7O/c1-19-18-42(12-10-40(19)3)27-15-25(32)23(20-16-36-29(37-17-20)41-8-4-7-39(2)9-11-41)14-26(27)38-28(43)22-6-5-21(31)13-24(22)30(33,34)35/h5-6,13-17,19H,4,7-12,18H2,1-3H3,(H,38,43)/t19-/m0/s1. The van der Waals surface area contributed by atoms with E-state index in [-0.39, 0.29) is 23.4 Å². The summed E-state index contributed by atoms with van der Waals surface area (Å²) < 4.78 is 70.5. The van der Waals surface area contributed by atoms with Crippen LogP contribution < -0.4 is 15.1 Å². The van der Waals surface area contributed by atoms with Gasteiger partial charge in [0.25, 0.3) is 5.91 Å². The van der Waals surface area contributed by atoms with Crippen molar-refractivity contribution in [3.8, 4) is 11.1 Å². The number of benzene rings is 2. The predicted molar refractivity (Wildman–Crippen MR) is 155 cm³/mol. The lowest BCUT2D eigenvalue weighted by molar-refractivity contribution is -0.138. The number of anilines is 3. The fourth-order valence-electron chi connectivity index (χ4n) is 5.42. The van der Waals surface area contributed by atoms with Gasteiger partial charge >= 0.3 is 6.18 Å². The molecule has 2 aliphatic heterocycles. The molecule has 2 fully saturated rings. The number of rotatable bonds is 5. The van der Waals surface area contributed by atoms with Crippen molar-refractivity contribution in [2.45, 2.75) is 25.6 Å². The molecular weight excluding hydrogens is 569 g/mol. The topological polar surface area (TPSA) is 67.8 Å². The first kappa shape index (κ1) is 30.6. The molecule has 3 heterocycles. The summed E-state index contributed by atoms with van der Waals surface area (Å²) in [7, 11) is 4.02. The molecule has 0 unspecified atom stereocenters. The third-order valence-electron chi connectivity index (χ3n) is 8.12. The van der Waals surface area contributed by atoms with Crippen molar-refractivity contribution in [2.24, 2.45) is 0 Å². The maximum atomic E-state index is 15.7. The maximum Gasteiger partial charge on any atom is 0.417 e. The zero-order chi connectivity index (χ0) is 30.9. The summed E-state index contributed by atoms with van der Waals surface area (Å²) in [6, 6.07) is 4.65. The largest absolute Gasteiger partial charge is 0.417 e. The van der Waals surface area contributed by atoms with Crippen molar-refractivity contribution in [1.29, 1.82) is 0 Å². The van der Waals surface area contributed by atoms with E-state index in [1.54, 1.807) is 0 Å². The molecule has 1 aromatic heterocycles. The number of nitrogens with zero attached hydrogens (tertiary/aromatic N) is 6. The summed E-state index contributed by atoms with van der Waals surface area (Å²) in [5.74, 6) is -2.28. The van der Waals surface area contributed by atoms with E-state index in [2.05, 4.69) is 37.0 Å². The number of carbonyl (C=O) groups excluding carboxylic acids is 1. The number of hydrogen-bond donors (Lipinski definition) is 1. The molecule has 230 valence electrons. The minimum Gasteiger partial charge on any atom is -0.367 e. The summed E-state index contributed by atoms with van der Waals surface area (Å²) >= 11 is 0. The van der Waals surface area contributed by atoms with Gasteiger partial charge in [-0.3, -0.25) is 4.79 Å². The number of aromatic nitrogens is 2. The number of halogens is 5. The van der Waals surface area contributed by atoms with Crippen molar-refractivity contribution < 1.29 is 26.7 Å². The second-order valence-corrected chi connectivity index (χ2v) is 11.2. The van der Waals surface area contributed by atoms with Crippen LogP contribution in [0.25, 0.3) is 11.1 Å². The van der Waals surface area contributed by atoms with Gasteiger partial charge < -0.3 is 24.9 Å². The Kier molecular flexibility index (Phi) is 8.84. The Hall–Kier alpha value is -3.84. The molecule has 43 heavy (non-hydrogen) atoms. The van der Waals surface area contributed by atoms with Gasteiger partial charge in [0, 0.05) is 68.8 Å². The molecule has 2 aliphatic rings. The fraction of sp³-hybridized carbons (Fsp3) is 0.433. The van der Waals surface area contributed by atoms with E-state index in [1.807, 2.05) is 18.9 Å². The molecule has 8 nitrogen and oxygen atoms in total. The van der Waals surface area contributed by atoms with Crippen LogP contribution in [0.4, 0.5) is 39.3 Å². The maximum absolute atomic E-state index is 15.7. The summed E-state index contributed by atoms with van der Waals surface area (Å²) in [6.07, 6.45) is -1.00. The second kappa shape index (κ2) is 12.4. The smallest absolute Gasteiger partial charge is 0.367 e. The molecule has 2 aromatic carbocycles. The van der Waals surface area contributed by atoms with Gasteiger partial charge in [0.1, 0.15) is 11.6 Å². The van der Waals surface area contributed by atoms with Gasteiger partial charge in [-0.05, 0) is 64.3 Å². The van der Waals surface area contributed by atoms with Crippen molar-refractivity contribution in [3.05, 3.63) is 65.5 Å². The first-order valence-electron chi connectivity index (χ1n) is 14.1. The van der Waals surface area contributed by atoms with Gasteiger partial charge in [0.05, 0.1) is 22.5 Å². The van der Waals surface area contributed by atoms with E-state index < -0.39 is 34.8 Å². The lowest BCUT2D eigenvalue weighted by atomic mass is 10.0. The monoisotopic (exact) mass is 603 g/mol. The molecule has 0 aliphatic carbocycles. The molecule has 5 rings (SSSR count). The minimum atomic E-state index is -4.96. The Balaban J connectivity index is 1.51. The second-order valence-electron chi connectivity index (χ2n) is 11.2. The molecule has 0 radical (unpaired) electrons. The van der Waals surface area contributed by atoms with Crippen LogP contribution in [0, 0.1) is 11.6 Å². The summed E-state index contributed by atoms with van der Waals surface area (Å²) in [5, 5.41) is 2.56. The normalized spacial score (nSPS) is 18.9. The van der Waals surface area contributed by atoms with Crippen molar-refractivity contribution in [1.82, 2.24) is 19.8 Å². The molecule has 1 atom stereocenters. The van der Waals surface area contributed by atoms with Crippen LogP contribution in [0.3, 0.4) is 0 Å². The van der Waals surface area contributed by atoms with Gasteiger partial charge in [-0.25, -0.2) is 18.7 Å². The summed E-state index contributed by atoms with van der Waals surface area (Å²) in [5.41, 5.74) is -1.26. The highest BCUT2D eigenvalue weighted by molar-refractivity contribution is 6.07. The average Bonchev–Trinajstić information content (AvgIpc) is 3.19. The molecule has 0 spiro atoms. The summed E-state index contributed by atoms with van der Waals surface area (Å²) in [6.45, 7) is 7.05. The molecule has 1 N–H and O–H groups in total. The number of amides is 1. The number of carbonyl (C=O) groups is 1. The molecule has 2 saturated heterocycles. The van der Waals surface area contributed by atoms with Gasteiger partial charge in [0.2, 0.25) is 5.95 Å². The van der Waals surface area contributed by atoms with Crippen LogP contribution in [0.1, 0.15) is 29.3 Å². The third kappa shape index (κ3) is 6.88. The van der Waals surface area contributed by atoms with Crippen LogP contribution in [-0.2, 0) is 6.18 Å². The van der Waals surface area contributed by atoms with Gasteiger partial charge in [0.15, 0.2) is 0 Å². The van der Waals surface area contributed by atoms with E-state index in [4.69, 9.17) is 0 Å². The number of piperazine rings is 1. The Labute approximate surface area is 247 Å². The Morgan fingerprint density at radius 2 is 1.65 bits per heavy atom. The number of nitrogens with one attached hydrogen (secondary N) is 1. The van der Waals surface area contributed by atoms with Crippen molar-refractivity contribution >= 4 is 23.2 Å². The number of hydrogen-bond acceptors (Lipinski definition) is 7. The molecule has 13 heteroatoms. The lowest BCUT2D eigenvalue weighted by Crippen LogP contribution is -2.50. The fourth-order valence-corrected chi connectivity index (χ4v) is 5.42. The van der Waals surface area contributed by atoms with E-state index in [0.717, 1.165) is 44.7 Å². The first-order valence-corrected chi connectivity index (χ1v) is 14.1. The predicted octanol–water partition coefficient (Wildman–Crippen LogP) is 4.98. The van der Waals surface area contributed by atoms with Crippen LogP contribution >= 0.6 is 0 Å². The molecule has 3 aromatic rings. The zero-order valence-electron chi connectivity index (χ0n) is 24.3. The quantitative estimate of drug-likeness (QED) is 0.413.